The normalized spacial score (nSPS) is 18.5. The highest BCUT2D eigenvalue weighted by atomic mass is 16.5. The number of rotatable bonds is 4. The Hall–Kier alpha value is -2.08. The summed E-state index contributed by atoms with van der Waals surface area (Å²) in [4.78, 5) is 24.9. The van der Waals surface area contributed by atoms with E-state index < -0.39 is 0 Å². The molecule has 1 heterocycles. The van der Waals surface area contributed by atoms with Crippen molar-refractivity contribution in [2.45, 2.75) is 13.3 Å². The molecule has 102 valence electrons. The molecule has 1 fully saturated rings. The molecule has 0 bridgehead atoms. The van der Waals surface area contributed by atoms with Crippen LogP contribution in [0.2, 0.25) is 0 Å². The third-order valence-corrected chi connectivity index (χ3v) is 3.10. The predicted octanol–water partition coefficient (Wildman–Crippen LogP) is 0.428. The summed E-state index contributed by atoms with van der Waals surface area (Å²) in [5.74, 6) is 5.09. The minimum atomic E-state index is -0.385. The number of nitrogens with one attached hydrogen (secondary N) is 1. The molecule has 1 aromatic rings. The first kappa shape index (κ1) is 13.4. The average Bonchev–Trinajstić information content (AvgIpc) is 2.81. The zero-order valence-corrected chi connectivity index (χ0v) is 10.8. The van der Waals surface area contributed by atoms with Crippen LogP contribution in [0.15, 0.2) is 24.3 Å². The van der Waals surface area contributed by atoms with Gasteiger partial charge in [-0.05, 0) is 31.2 Å². The molecule has 3 N–H and O–H groups in total. The van der Waals surface area contributed by atoms with Gasteiger partial charge >= 0.3 is 0 Å². The van der Waals surface area contributed by atoms with Crippen molar-refractivity contribution in [3.63, 3.8) is 0 Å². The van der Waals surface area contributed by atoms with E-state index in [0.29, 0.717) is 13.2 Å². The van der Waals surface area contributed by atoms with Gasteiger partial charge in [0.2, 0.25) is 11.8 Å². The molecule has 6 heteroatoms. The minimum Gasteiger partial charge on any atom is -0.494 e. The zero-order valence-electron chi connectivity index (χ0n) is 10.8. The number of hydrogen-bond donors (Lipinski definition) is 2. The van der Waals surface area contributed by atoms with Gasteiger partial charge in [0, 0.05) is 18.7 Å². The van der Waals surface area contributed by atoms with Crippen molar-refractivity contribution >= 4 is 17.5 Å². The molecule has 2 rings (SSSR count). The molecule has 1 saturated heterocycles. The average molecular weight is 263 g/mol. The smallest absolute Gasteiger partial charge is 0.239 e. The van der Waals surface area contributed by atoms with E-state index in [1.54, 1.807) is 4.90 Å². The molecule has 0 radical (unpaired) electrons. The van der Waals surface area contributed by atoms with Gasteiger partial charge in [0.1, 0.15) is 5.75 Å². The largest absolute Gasteiger partial charge is 0.494 e. The molecular weight excluding hydrogens is 246 g/mol. The Bertz CT molecular complexity index is 473. The number of carbonyl (C=O) groups excluding carboxylic acids is 2. The van der Waals surface area contributed by atoms with Crippen LogP contribution >= 0.6 is 0 Å². The molecule has 0 aliphatic carbocycles. The zero-order chi connectivity index (χ0) is 13.8. The fourth-order valence-corrected chi connectivity index (χ4v) is 2.14. The van der Waals surface area contributed by atoms with Gasteiger partial charge in [-0.2, -0.15) is 0 Å². The van der Waals surface area contributed by atoms with E-state index in [1.165, 1.54) is 0 Å². The number of nitrogens with zero attached hydrogens (tertiary/aromatic N) is 1. The van der Waals surface area contributed by atoms with E-state index >= 15 is 0 Å². The van der Waals surface area contributed by atoms with Crippen LogP contribution < -0.4 is 20.9 Å². The third-order valence-electron chi connectivity index (χ3n) is 3.10. The van der Waals surface area contributed by atoms with Gasteiger partial charge in [0.25, 0.3) is 0 Å². The van der Waals surface area contributed by atoms with E-state index in [-0.39, 0.29) is 24.2 Å². The lowest BCUT2D eigenvalue weighted by Crippen LogP contribution is -2.37. The number of amides is 2. The van der Waals surface area contributed by atoms with Crippen LogP contribution in [-0.4, -0.2) is 25.0 Å². The molecule has 19 heavy (non-hydrogen) atoms. The predicted molar refractivity (Wildman–Crippen MR) is 70.4 cm³/mol. The molecular formula is C13H17N3O3. The topological polar surface area (TPSA) is 84.7 Å². The third kappa shape index (κ3) is 2.85. The Morgan fingerprint density at radius 3 is 2.74 bits per heavy atom. The van der Waals surface area contributed by atoms with Crippen LogP contribution in [0.25, 0.3) is 0 Å². The molecule has 1 aliphatic rings. The quantitative estimate of drug-likeness (QED) is 0.468. The minimum absolute atomic E-state index is 0.0715. The maximum Gasteiger partial charge on any atom is 0.239 e. The number of hydrogen-bond acceptors (Lipinski definition) is 4. The van der Waals surface area contributed by atoms with Crippen LogP contribution in [-0.2, 0) is 9.59 Å². The second-order valence-corrected chi connectivity index (χ2v) is 4.34. The highest BCUT2D eigenvalue weighted by Gasteiger charge is 2.34. The summed E-state index contributed by atoms with van der Waals surface area (Å²) in [6.45, 7) is 2.87. The summed E-state index contributed by atoms with van der Waals surface area (Å²) >= 11 is 0. The summed E-state index contributed by atoms with van der Waals surface area (Å²) in [6, 6.07) is 7.24. The lowest BCUT2D eigenvalue weighted by atomic mass is 10.1. The van der Waals surface area contributed by atoms with Gasteiger partial charge in [-0.1, -0.05) is 0 Å². The monoisotopic (exact) mass is 263 g/mol. The van der Waals surface area contributed by atoms with E-state index in [0.717, 1.165) is 11.4 Å². The molecule has 0 aromatic heterocycles. The van der Waals surface area contributed by atoms with Gasteiger partial charge in [0.15, 0.2) is 0 Å². The Balaban J connectivity index is 2.09. The molecule has 1 aromatic carbocycles. The summed E-state index contributed by atoms with van der Waals surface area (Å²) in [5, 5.41) is 0. The molecule has 0 unspecified atom stereocenters. The van der Waals surface area contributed by atoms with Gasteiger partial charge < -0.3 is 9.64 Å². The number of benzene rings is 1. The van der Waals surface area contributed by atoms with Crippen LogP contribution in [0, 0.1) is 5.92 Å². The summed E-state index contributed by atoms with van der Waals surface area (Å²) in [5.41, 5.74) is 2.85. The van der Waals surface area contributed by atoms with Crippen LogP contribution in [0.5, 0.6) is 5.75 Å². The van der Waals surface area contributed by atoms with Crippen LogP contribution in [0.3, 0.4) is 0 Å². The fraction of sp³-hybridized carbons (Fsp3) is 0.385. The van der Waals surface area contributed by atoms with Crippen molar-refractivity contribution in [2.75, 3.05) is 18.1 Å². The van der Waals surface area contributed by atoms with Crippen molar-refractivity contribution < 1.29 is 14.3 Å². The van der Waals surface area contributed by atoms with Gasteiger partial charge in [-0.3, -0.25) is 15.0 Å². The van der Waals surface area contributed by atoms with Gasteiger partial charge in [-0.15, -0.1) is 0 Å². The molecule has 0 spiro atoms. The molecule has 6 nitrogen and oxygen atoms in total. The SMILES string of the molecule is CCOc1ccc(N2C[C@@H](C(=O)NN)CC2=O)cc1. The molecule has 2 amide bonds. The molecule has 1 atom stereocenters. The Labute approximate surface area is 111 Å². The summed E-state index contributed by atoms with van der Waals surface area (Å²) in [6.07, 6.45) is 0.191. The number of carbonyl (C=O) groups is 2. The number of anilines is 1. The second-order valence-electron chi connectivity index (χ2n) is 4.34. The van der Waals surface area contributed by atoms with Crippen molar-refractivity contribution in [1.29, 1.82) is 0 Å². The fourth-order valence-electron chi connectivity index (χ4n) is 2.14. The maximum atomic E-state index is 11.9. The van der Waals surface area contributed by atoms with Crippen LogP contribution in [0.1, 0.15) is 13.3 Å². The lowest BCUT2D eigenvalue weighted by Gasteiger charge is -2.16. The summed E-state index contributed by atoms with van der Waals surface area (Å²) < 4.78 is 5.34. The number of ether oxygens (including phenoxy) is 1. The van der Waals surface area contributed by atoms with E-state index in [2.05, 4.69) is 5.43 Å². The highest BCUT2D eigenvalue weighted by molar-refractivity contribution is 6.00. The Morgan fingerprint density at radius 2 is 2.16 bits per heavy atom. The van der Waals surface area contributed by atoms with Crippen molar-refractivity contribution in [1.82, 2.24) is 5.43 Å². The standard InChI is InChI=1S/C13H17N3O3/c1-2-19-11-5-3-10(4-6-11)16-8-9(7-12(16)17)13(18)15-14/h3-6,9H,2,7-8,14H2,1H3,(H,15,18)/t9-/m0/s1. The molecule has 0 saturated carbocycles. The van der Waals surface area contributed by atoms with Crippen molar-refractivity contribution in [2.24, 2.45) is 11.8 Å². The van der Waals surface area contributed by atoms with Crippen LogP contribution in [0.4, 0.5) is 5.69 Å². The first-order chi connectivity index (χ1) is 9.15. The van der Waals surface area contributed by atoms with E-state index in [9.17, 15) is 9.59 Å². The second kappa shape index (κ2) is 5.71. The van der Waals surface area contributed by atoms with Crippen molar-refractivity contribution in [3.8, 4) is 5.75 Å². The Kier molecular flexibility index (Phi) is 4.01. The number of nitrogens with two attached hydrogens (primary N) is 1. The highest BCUT2D eigenvalue weighted by Crippen LogP contribution is 2.26. The van der Waals surface area contributed by atoms with E-state index in [1.807, 2.05) is 31.2 Å². The van der Waals surface area contributed by atoms with Gasteiger partial charge in [-0.25, -0.2) is 5.84 Å². The first-order valence-electron chi connectivity index (χ1n) is 6.19. The van der Waals surface area contributed by atoms with Crippen molar-refractivity contribution in [3.05, 3.63) is 24.3 Å². The Morgan fingerprint density at radius 1 is 1.47 bits per heavy atom. The summed E-state index contributed by atoms with van der Waals surface area (Å²) in [7, 11) is 0. The first-order valence-corrected chi connectivity index (χ1v) is 6.19. The van der Waals surface area contributed by atoms with E-state index in [4.69, 9.17) is 10.6 Å². The van der Waals surface area contributed by atoms with Gasteiger partial charge in [0.05, 0.1) is 12.5 Å². The molecule has 1 aliphatic heterocycles. The lowest BCUT2D eigenvalue weighted by molar-refractivity contribution is -0.126. The number of hydrazine groups is 1. The maximum absolute atomic E-state index is 11.9.